The first-order valence-electron chi connectivity index (χ1n) is 16.4. The number of hydrogen-bond donors (Lipinski definition) is 3. The van der Waals surface area contributed by atoms with Crippen LogP contribution in [0, 0.1) is 18.7 Å². The summed E-state index contributed by atoms with van der Waals surface area (Å²) in [7, 11) is 1.00. The van der Waals surface area contributed by atoms with Crippen LogP contribution in [0.4, 0.5) is 4.39 Å². The van der Waals surface area contributed by atoms with E-state index in [1.54, 1.807) is 18.6 Å². The van der Waals surface area contributed by atoms with Crippen LogP contribution < -0.4 is 15.4 Å². The molecule has 0 radical (unpaired) electrons. The molecule has 6 nitrogen and oxygen atoms in total. The monoisotopic (exact) mass is 612 g/mol. The maximum absolute atomic E-state index is 12.9. The number of carbonyl (C=O) groups excluding carboxylic acids is 2. The van der Waals surface area contributed by atoms with E-state index in [1.807, 2.05) is 6.92 Å². The van der Waals surface area contributed by atoms with Gasteiger partial charge < -0.3 is 20.5 Å². The summed E-state index contributed by atoms with van der Waals surface area (Å²) in [5, 5.41) is 13.5. The molecule has 0 aliphatic heterocycles. The van der Waals surface area contributed by atoms with E-state index in [2.05, 4.69) is 65.6 Å². The second-order valence-corrected chi connectivity index (χ2v) is 11.3. The maximum Gasteiger partial charge on any atom is 0.308 e. The third kappa shape index (κ3) is 16.2. The molecule has 0 heterocycles. The predicted octanol–water partition coefficient (Wildman–Crippen LogP) is 7.81. The van der Waals surface area contributed by atoms with E-state index < -0.39 is 11.8 Å². The van der Waals surface area contributed by atoms with Gasteiger partial charge in [0, 0.05) is 33.0 Å². The number of hydrogen-bond acceptors (Lipinski definition) is 5. The lowest BCUT2D eigenvalue weighted by Gasteiger charge is -2.28. The molecule has 7 heteroatoms. The van der Waals surface area contributed by atoms with Gasteiger partial charge in [0.1, 0.15) is 0 Å². The summed E-state index contributed by atoms with van der Waals surface area (Å²) in [4.78, 5) is 21.6. The number of allylic oxidation sites excluding steroid dienone is 1. The summed E-state index contributed by atoms with van der Waals surface area (Å²) in [6.45, 7) is 11.3. The van der Waals surface area contributed by atoms with Gasteiger partial charge in [0.05, 0.1) is 0 Å². The number of nitrogens with one attached hydrogen (secondary N) is 2. The fourth-order valence-electron chi connectivity index (χ4n) is 4.80. The van der Waals surface area contributed by atoms with E-state index in [4.69, 9.17) is 5.11 Å². The van der Waals surface area contributed by atoms with Crippen molar-refractivity contribution < 1.29 is 23.8 Å². The summed E-state index contributed by atoms with van der Waals surface area (Å²) >= 11 is 0. The average molecular weight is 613 g/mol. The van der Waals surface area contributed by atoms with Gasteiger partial charge in [0.15, 0.2) is 11.6 Å². The fraction of sp³-hybridized carbons (Fsp3) is 0.568. The first-order chi connectivity index (χ1) is 21.3. The van der Waals surface area contributed by atoms with Crippen molar-refractivity contribution in [2.75, 3.05) is 20.2 Å². The average Bonchev–Trinajstić information content (AvgIpc) is 3.84. The zero-order valence-electron chi connectivity index (χ0n) is 28.0. The Morgan fingerprint density at radius 2 is 1.75 bits per heavy atom. The Hall–Kier alpha value is -3.03. The third-order valence-corrected chi connectivity index (χ3v) is 7.55. The molecule has 2 fully saturated rings. The van der Waals surface area contributed by atoms with Crippen LogP contribution in [0.25, 0.3) is 0 Å². The van der Waals surface area contributed by atoms with Crippen LogP contribution in [0.1, 0.15) is 108 Å². The van der Waals surface area contributed by atoms with Crippen molar-refractivity contribution in [2.45, 2.75) is 111 Å². The highest BCUT2D eigenvalue weighted by atomic mass is 19.1. The predicted molar refractivity (Wildman–Crippen MR) is 179 cm³/mol. The van der Waals surface area contributed by atoms with E-state index >= 15 is 0 Å². The molecule has 2 aliphatic carbocycles. The number of aliphatic hydroxyl groups is 1. The van der Waals surface area contributed by atoms with Crippen molar-refractivity contribution in [3.63, 3.8) is 0 Å². The lowest BCUT2D eigenvalue weighted by atomic mass is 9.77. The van der Waals surface area contributed by atoms with Crippen LogP contribution in [-0.4, -0.2) is 43.2 Å². The molecule has 0 aromatic heterocycles. The minimum absolute atomic E-state index is 0.0203. The van der Waals surface area contributed by atoms with Crippen molar-refractivity contribution >= 4 is 11.9 Å². The molecule has 0 spiro atoms. The number of carbonyl (C=O) groups is 2. The van der Waals surface area contributed by atoms with Crippen molar-refractivity contribution in [3.05, 3.63) is 77.1 Å². The van der Waals surface area contributed by atoms with Crippen LogP contribution in [0.5, 0.6) is 5.75 Å². The number of halogens is 1. The smallest absolute Gasteiger partial charge is 0.308 e. The first-order valence-corrected chi connectivity index (χ1v) is 16.4. The van der Waals surface area contributed by atoms with E-state index in [9.17, 15) is 14.0 Å². The highest BCUT2D eigenvalue weighted by Gasteiger charge is 2.28. The van der Waals surface area contributed by atoms with Crippen molar-refractivity contribution in [2.24, 2.45) is 5.92 Å². The van der Waals surface area contributed by atoms with Gasteiger partial charge in [-0.15, -0.1) is 0 Å². The molecule has 1 unspecified atom stereocenters. The molecule has 2 aromatic carbocycles. The number of aliphatic hydroxyl groups excluding tert-OH is 1. The van der Waals surface area contributed by atoms with Crippen LogP contribution in [-0.2, 0) is 16.0 Å². The lowest BCUT2D eigenvalue weighted by molar-refractivity contribution is -0.132. The highest BCUT2D eigenvalue weighted by Crippen LogP contribution is 2.38. The van der Waals surface area contributed by atoms with Crippen LogP contribution >= 0.6 is 0 Å². The maximum atomic E-state index is 12.9. The molecule has 2 saturated carbocycles. The normalized spacial score (nSPS) is 14.5. The summed E-state index contributed by atoms with van der Waals surface area (Å²) < 4.78 is 17.5. The van der Waals surface area contributed by atoms with E-state index in [-0.39, 0.29) is 11.7 Å². The minimum atomic E-state index is -0.516. The van der Waals surface area contributed by atoms with Crippen molar-refractivity contribution in [1.82, 2.24) is 10.6 Å². The number of amides is 1. The molecular weight excluding hydrogens is 555 g/mol. The molecule has 44 heavy (non-hydrogen) atoms. The molecule has 1 atom stereocenters. The fourth-order valence-corrected chi connectivity index (χ4v) is 4.80. The zero-order valence-corrected chi connectivity index (χ0v) is 28.0. The largest absolute Gasteiger partial charge is 0.424 e. The number of benzene rings is 2. The Bertz CT molecular complexity index is 1110. The summed E-state index contributed by atoms with van der Waals surface area (Å²) in [5.41, 5.74) is 3.82. The van der Waals surface area contributed by atoms with Gasteiger partial charge in [-0.05, 0) is 105 Å². The molecule has 2 aromatic rings. The minimum Gasteiger partial charge on any atom is -0.424 e. The molecule has 1 amide bonds. The highest BCUT2D eigenvalue weighted by molar-refractivity contribution is 5.75. The number of rotatable bonds is 13. The number of aryl methyl sites for hydroxylation is 2. The van der Waals surface area contributed by atoms with Gasteiger partial charge in [-0.1, -0.05) is 69.7 Å². The quantitative estimate of drug-likeness (QED) is 0.0930. The molecule has 0 saturated heterocycles. The van der Waals surface area contributed by atoms with Crippen LogP contribution in [0.3, 0.4) is 0 Å². The van der Waals surface area contributed by atoms with Gasteiger partial charge in [0.25, 0.3) is 0 Å². The molecule has 4 rings (SSSR count). The van der Waals surface area contributed by atoms with Gasteiger partial charge in [-0.25, -0.2) is 4.39 Å². The van der Waals surface area contributed by atoms with Gasteiger partial charge in [-0.2, -0.15) is 0 Å². The SMILES string of the molecule is CC(=O)Oc1ccc(C)cc1F.CC/C=C/C(NCCC)C1CC1.CCC(=O)NCCCc1ccccc1C1CCC1.CO. The summed E-state index contributed by atoms with van der Waals surface area (Å²) in [5.74, 6) is 0.851. The number of ether oxygens (including phenoxy) is 1. The van der Waals surface area contributed by atoms with Crippen LogP contribution in [0.2, 0.25) is 0 Å². The molecule has 246 valence electrons. The third-order valence-electron chi connectivity index (χ3n) is 7.55. The number of esters is 1. The standard InChI is InChI=1S/C16H23NO.C11H21N.C9H9FO2.CH4O/c1-2-16(18)17-12-6-10-13-7-3-4-11-15(13)14-8-5-9-14;1-3-5-6-11(10-7-8-10)12-9-4-2;1-6-3-4-9(8(10)5-6)12-7(2)11;1-2/h3-4,7,11,14H,2,5-6,8-10,12H2,1H3,(H,17,18);5-6,10-12H,3-4,7-9H2,1-2H3;3-5H,1-2H3;2H,1H3/b;6-5+;;. The molecule has 2 aliphatic rings. The lowest BCUT2D eigenvalue weighted by Crippen LogP contribution is -2.29. The molecule has 0 bridgehead atoms. The van der Waals surface area contributed by atoms with Crippen molar-refractivity contribution in [1.29, 1.82) is 0 Å². The molecular formula is C37H57FN2O4. The Kier molecular flexibility index (Phi) is 20.7. The van der Waals surface area contributed by atoms with Crippen LogP contribution in [0.15, 0.2) is 54.6 Å². The topological polar surface area (TPSA) is 87.7 Å². The van der Waals surface area contributed by atoms with E-state index in [0.29, 0.717) is 12.5 Å². The van der Waals surface area contributed by atoms with E-state index in [0.717, 1.165) is 56.9 Å². The Morgan fingerprint density at radius 3 is 2.30 bits per heavy atom. The Morgan fingerprint density at radius 1 is 1.05 bits per heavy atom. The molecule has 3 N–H and O–H groups in total. The summed E-state index contributed by atoms with van der Waals surface area (Å²) in [6, 6.07) is 13.9. The Labute approximate surface area is 265 Å². The van der Waals surface area contributed by atoms with E-state index in [1.165, 1.54) is 63.1 Å². The van der Waals surface area contributed by atoms with Gasteiger partial charge >= 0.3 is 5.97 Å². The van der Waals surface area contributed by atoms with Crippen molar-refractivity contribution in [3.8, 4) is 5.75 Å². The Balaban J connectivity index is 0.000000331. The second kappa shape index (κ2) is 23.4. The first kappa shape index (κ1) is 39.0. The second-order valence-electron chi connectivity index (χ2n) is 11.3. The van der Waals surface area contributed by atoms with Gasteiger partial charge in [-0.3, -0.25) is 9.59 Å². The van der Waals surface area contributed by atoms with Gasteiger partial charge in [0.2, 0.25) is 5.91 Å². The zero-order chi connectivity index (χ0) is 32.7. The summed E-state index contributed by atoms with van der Waals surface area (Å²) in [6.07, 6.45) is 16.7.